The van der Waals surface area contributed by atoms with E-state index in [4.69, 9.17) is 0 Å². The first-order valence-electron chi connectivity index (χ1n) is 7.39. The molecule has 0 radical (unpaired) electrons. The lowest BCUT2D eigenvalue weighted by Crippen LogP contribution is -2.50. The third-order valence-corrected chi connectivity index (χ3v) is 4.52. The summed E-state index contributed by atoms with van der Waals surface area (Å²) in [6.07, 6.45) is 2.42. The normalized spacial score (nSPS) is 19.5. The van der Waals surface area contributed by atoms with E-state index >= 15 is 0 Å². The van der Waals surface area contributed by atoms with Crippen LogP contribution in [0, 0.1) is 0 Å². The molecule has 0 spiro atoms. The van der Waals surface area contributed by atoms with Crippen LogP contribution in [0.2, 0.25) is 0 Å². The van der Waals surface area contributed by atoms with Gasteiger partial charge < -0.3 is 10.2 Å². The maximum atomic E-state index is 3.47. The van der Waals surface area contributed by atoms with Crippen molar-refractivity contribution in [3.63, 3.8) is 0 Å². The van der Waals surface area contributed by atoms with E-state index in [-0.39, 0.29) is 5.41 Å². The van der Waals surface area contributed by atoms with Crippen molar-refractivity contribution in [2.24, 2.45) is 0 Å². The van der Waals surface area contributed by atoms with Gasteiger partial charge in [-0.05, 0) is 43.9 Å². The third kappa shape index (κ3) is 3.11. The second-order valence-electron chi connectivity index (χ2n) is 7.06. The molecule has 0 aromatic heterocycles. The monoisotopic (exact) mass is 260 g/mol. The lowest BCUT2D eigenvalue weighted by Gasteiger charge is -2.42. The summed E-state index contributed by atoms with van der Waals surface area (Å²) in [5, 5.41) is 3.47. The summed E-state index contributed by atoms with van der Waals surface area (Å²) in [6, 6.07) is 8.88. The highest BCUT2D eigenvalue weighted by Gasteiger charge is 2.30. The van der Waals surface area contributed by atoms with E-state index in [1.54, 1.807) is 0 Å². The van der Waals surface area contributed by atoms with Gasteiger partial charge in [-0.2, -0.15) is 0 Å². The summed E-state index contributed by atoms with van der Waals surface area (Å²) in [6.45, 7) is 11.5. The lowest BCUT2D eigenvalue weighted by atomic mass is 9.84. The predicted octanol–water partition coefficient (Wildman–Crippen LogP) is 3.56. The fraction of sp³-hybridized carbons (Fsp3) is 0.647. The maximum Gasteiger partial charge on any atom is 0.0404 e. The summed E-state index contributed by atoms with van der Waals surface area (Å²) in [5.41, 5.74) is 3.41. The van der Waals surface area contributed by atoms with E-state index in [0.717, 1.165) is 13.1 Å². The van der Waals surface area contributed by atoms with Gasteiger partial charge in [0, 0.05) is 24.3 Å². The minimum atomic E-state index is 0.209. The highest BCUT2D eigenvalue weighted by molar-refractivity contribution is 5.56. The molecule has 0 saturated carbocycles. The molecule has 1 aromatic carbocycles. The van der Waals surface area contributed by atoms with Crippen LogP contribution in [0.4, 0.5) is 5.69 Å². The fourth-order valence-corrected chi connectivity index (χ4v) is 2.87. The Labute approximate surface area is 118 Å². The zero-order chi connectivity index (χ0) is 14.1. The number of rotatable bonds is 2. The zero-order valence-corrected chi connectivity index (χ0v) is 13.1. The van der Waals surface area contributed by atoms with Crippen molar-refractivity contribution in [1.82, 2.24) is 5.32 Å². The summed E-state index contributed by atoms with van der Waals surface area (Å²) in [7, 11) is 2.08. The Hall–Kier alpha value is -1.02. The van der Waals surface area contributed by atoms with Crippen LogP contribution in [0.5, 0.6) is 0 Å². The van der Waals surface area contributed by atoms with Crippen LogP contribution < -0.4 is 10.2 Å². The Morgan fingerprint density at radius 2 is 1.68 bits per heavy atom. The second kappa shape index (κ2) is 5.16. The van der Waals surface area contributed by atoms with E-state index in [1.807, 2.05) is 0 Å². The summed E-state index contributed by atoms with van der Waals surface area (Å²) in [5.74, 6) is 0. The van der Waals surface area contributed by atoms with Gasteiger partial charge in [0.1, 0.15) is 0 Å². The van der Waals surface area contributed by atoms with Gasteiger partial charge in [0.2, 0.25) is 0 Å². The first-order valence-corrected chi connectivity index (χ1v) is 7.39. The van der Waals surface area contributed by atoms with Crippen molar-refractivity contribution in [2.75, 3.05) is 25.0 Å². The van der Waals surface area contributed by atoms with Gasteiger partial charge in [-0.25, -0.2) is 0 Å². The molecule has 0 amide bonds. The second-order valence-corrected chi connectivity index (χ2v) is 7.06. The topological polar surface area (TPSA) is 15.3 Å². The van der Waals surface area contributed by atoms with E-state index < -0.39 is 0 Å². The Balaban J connectivity index is 2.21. The molecule has 0 atom stereocenters. The average molecular weight is 260 g/mol. The van der Waals surface area contributed by atoms with Crippen molar-refractivity contribution in [2.45, 2.75) is 51.5 Å². The number of nitrogens with one attached hydrogen (secondary N) is 1. The molecule has 1 heterocycles. The molecular weight excluding hydrogens is 232 g/mol. The number of piperidine rings is 1. The Kier molecular flexibility index (Phi) is 3.91. The van der Waals surface area contributed by atoms with Crippen LogP contribution in [0.1, 0.15) is 46.1 Å². The van der Waals surface area contributed by atoms with Crippen LogP contribution in [-0.4, -0.2) is 25.7 Å². The number of benzene rings is 1. The first kappa shape index (κ1) is 14.4. The molecule has 0 unspecified atom stereocenters. The quantitative estimate of drug-likeness (QED) is 0.874. The minimum Gasteiger partial charge on any atom is -0.371 e. The molecule has 1 N–H and O–H groups in total. The van der Waals surface area contributed by atoms with Gasteiger partial charge in [-0.3, -0.25) is 0 Å². The van der Waals surface area contributed by atoms with E-state index in [0.29, 0.717) is 5.54 Å². The number of hydrogen-bond acceptors (Lipinski definition) is 2. The SMILES string of the molecule is CNC1(C)CCN(c2ccccc2C(C)(C)C)CC1. The fourth-order valence-electron chi connectivity index (χ4n) is 2.87. The maximum absolute atomic E-state index is 3.47. The molecule has 2 heteroatoms. The van der Waals surface area contributed by atoms with Gasteiger partial charge in [-0.1, -0.05) is 39.0 Å². The van der Waals surface area contributed by atoms with Crippen molar-refractivity contribution in [1.29, 1.82) is 0 Å². The van der Waals surface area contributed by atoms with Gasteiger partial charge in [0.05, 0.1) is 0 Å². The Bertz CT molecular complexity index is 423. The molecule has 1 aliphatic rings. The lowest BCUT2D eigenvalue weighted by molar-refractivity contribution is 0.304. The Morgan fingerprint density at radius 3 is 2.21 bits per heavy atom. The highest BCUT2D eigenvalue weighted by Crippen LogP contribution is 2.34. The van der Waals surface area contributed by atoms with Gasteiger partial charge >= 0.3 is 0 Å². The van der Waals surface area contributed by atoms with Crippen molar-refractivity contribution in [3.05, 3.63) is 29.8 Å². The van der Waals surface area contributed by atoms with Crippen LogP contribution >= 0.6 is 0 Å². The van der Waals surface area contributed by atoms with Crippen LogP contribution in [-0.2, 0) is 5.41 Å². The average Bonchev–Trinajstić information content (AvgIpc) is 2.39. The Morgan fingerprint density at radius 1 is 1.11 bits per heavy atom. The number of nitrogens with zero attached hydrogens (tertiary/aromatic N) is 1. The molecule has 106 valence electrons. The molecule has 19 heavy (non-hydrogen) atoms. The third-order valence-electron chi connectivity index (χ3n) is 4.52. The highest BCUT2D eigenvalue weighted by atomic mass is 15.2. The van der Waals surface area contributed by atoms with Gasteiger partial charge in [-0.15, -0.1) is 0 Å². The molecular formula is C17H28N2. The molecule has 1 aromatic rings. The molecule has 1 aliphatic heterocycles. The molecule has 0 aliphatic carbocycles. The number of hydrogen-bond donors (Lipinski definition) is 1. The molecule has 2 nitrogen and oxygen atoms in total. The van der Waals surface area contributed by atoms with Crippen molar-refractivity contribution >= 4 is 5.69 Å². The molecule has 1 fully saturated rings. The molecule has 2 rings (SSSR count). The summed E-state index contributed by atoms with van der Waals surface area (Å²) >= 11 is 0. The standard InChI is InChI=1S/C17H28N2/c1-16(2,3)14-8-6-7-9-15(14)19-12-10-17(4,18-5)11-13-19/h6-9,18H,10-13H2,1-5H3. The van der Waals surface area contributed by atoms with Gasteiger partial charge in [0.25, 0.3) is 0 Å². The number of para-hydroxylation sites is 1. The van der Waals surface area contributed by atoms with Crippen LogP contribution in [0.3, 0.4) is 0 Å². The minimum absolute atomic E-state index is 0.209. The van der Waals surface area contributed by atoms with E-state index in [9.17, 15) is 0 Å². The van der Waals surface area contributed by atoms with E-state index in [2.05, 4.69) is 69.2 Å². The van der Waals surface area contributed by atoms with Crippen molar-refractivity contribution < 1.29 is 0 Å². The van der Waals surface area contributed by atoms with Crippen molar-refractivity contribution in [3.8, 4) is 0 Å². The number of anilines is 1. The first-order chi connectivity index (χ1) is 8.86. The molecule has 1 saturated heterocycles. The zero-order valence-electron chi connectivity index (χ0n) is 13.1. The largest absolute Gasteiger partial charge is 0.371 e. The molecule has 0 bridgehead atoms. The van der Waals surface area contributed by atoms with Gasteiger partial charge in [0.15, 0.2) is 0 Å². The summed E-state index contributed by atoms with van der Waals surface area (Å²) in [4.78, 5) is 2.56. The smallest absolute Gasteiger partial charge is 0.0404 e. The predicted molar refractivity (Wildman–Crippen MR) is 84.1 cm³/mol. The van der Waals surface area contributed by atoms with Crippen LogP contribution in [0.25, 0.3) is 0 Å². The van der Waals surface area contributed by atoms with Crippen LogP contribution in [0.15, 0.2) is 24.3 Å². The van der Waals surface area contributed by atoms with E-state index in [1.165, 1.54) is 24.1 Å². The summed E-state index contributed by atoms with van der Waals surface area (Å²) < 4.78 is 0.